The quantitative estimate of drug-likeness (QED) is 0.893. The number of rotatable bonds is 2. The molecule has 1 aromatic rings. The first-order chi connectivity index (χ1) is 10.1. The van der Waals surface area contributed by atoms with Gasteiger partial charge in [0, 0.05) is 44.3 Å². The maximum atomic E-state index is 12.6. The Morgan fingerprint density at radius 2 is 1.90 bits per heavy atom. The number of hydrogen-bond donors (Lipinski definition) is 1. The minimum Gasteiger partial charge on any atom is -0.336 e. The van der Waals surface area contributed by atoms with E-state index >= 15 is 0 Å². The molecular weight excluding hydrogens is 262 g/mol. The standard InChI is InChI=1S/C17H25N3O/c1-13-3-4-15(11-14(13)2)17(21)20-9-7-19(8-10-20)16-5-6-18-12-16/h3-4,11,16,18H,5-10,12H2,1-2H3. The zero-order valence-electron chi connectivity index (χ0n) is 13.1. The highest BCUT2D eigenvalue weighted by atomic mass is 16.2. The number of nitrogens with one attached hydrogen (secondary N) is 1. The second-order valence-corrected chi connectivity index (χ2v) is 6.27. The Labute approximate surface area is 127 Å². The Morgan fingerprint density at radius 1 is 1.14 bits per heavy atom. The summed E-state index contributed by atoms with van der Waals surface area (Å²) in [4.78, 5) is 17.1. The summed E-state index contributed by atoms with van der Waals surface area (Å²) >= 11 is 0. The van der Waals surface area contributed by atoms with Crippen LogP contribution in [0.5, 0.6) is 0 Å². The van der Waals surface area contributed by atoms with Gasteiger partial charge in [-0.2, -0.15) is 0 Å². The zero-order valence-corrected chi connectivity index (χ0v) is 13.1. The van der Waals surface area contributed by atoms with Gasteiger partial charge in [-0.25, -0.2) is 0 Å². The van der Waals surface area contributed by atoms with Crippen molar-refractivity contribution < 1.29 is 4.79 Å². The molecule has 0 bridgehead atoms. The second kappa shape index (κ2) is 6.16. The van der Waals surface area contributed by atoms with Crippen LogP contribution in [0.2, 0.25) is 0 Å². The lowest BCUT2D eigenvalue weighted by Crippen LogP contribution is -2.52. The average molecular weight is 287 g/mol. The summed E-state index contributed by atoms with van der Waals surface area (Å²) < 4.78 is 0. The maximum absolute atomic E-state index is 12.6. The summed E-state index contributed by atoms with van der Waals surface area (Å²) in [5, 5.41) is 3.42. The van der Waals surface area contributed by atoms with Crippen LogP contribution in [0, 0.1) is 13.8 Å². The number of carbonyl (C=O) groups is 1. The van der Waals surface area contributed by atoms with Crippen molar-refractivity contribution in [2.75, 3.05) is 39.3 Å². The van der Waals surface area contributed by atoms with Crippen LogP contribution < -0.4 is 5.32 Å². The molecule has 4 heteroatoms. The molecule has 2 saturated heterocycles. The van der Waals surface area contributed by atoms with Crippen LogP contribution >= 0.6 is 0 Å². The summed E-state index contributed by atoms with van der Waals surface area (Å²) in [6.07, 6.45) is 1.24. The van der Waals surface area contributed by atoms with Crippen molar-refractivity contribution in [1.29, 1.82) is 0 Å². The minimum absolute atomic E-state index is 0.183. The molecule has 1 atom stereocenters. The third kappa shape index (κ3) is 3.11. The first kappa shape index (κ1) is 14.5. The van der Waals surface area contributed by atoms with Gasteiger partial charge < -0.3 is 10.2 Å². The fourth-order valence-corrected chi connectivity index (χ4v) is 3.30. The third-order valence-electron chi connectivity index (χ3n) is 4.91. The maximum Gasteiger partial charge on any atom is 0.253 e. The fraction of sp³-hybridized carbons (Fsp3) is 0.588. The van der Waals surface area contributed by atoms with E-state index in [0.29, 0.717) is 6.04 Å². The molecule has 2 aliphatic rings. The van der Waals surface area contributed by atoms with Crippen LogP contribution in [0.4, 0.5) is 0 Å². The van der Waals surface area contributed by atoms with Gasteiger partial charge in [-0.05, 0) is 50.1 Å². The lowest BCUT2D eigenvalue weighted by atomic mass is 10.1. The van der Waals surface area contributed by atoms with Crippen molar-refractivity contribution in [2.45, 2.75) is 26.3 Å². The van der Waals surface area contributed by atoms with Crippen LogP contribution in [0.1, 0.15) is 27.9 Å². The van der Waals surface area contributed by atoms with Crippen LogP contribution in [0.3, 0.4) is 0 Å². The summed E-state index contributed by atoms with van der Waals surface area (Å²) in [7, 11) is 0. The molecule has 2 heterocycles. The van der Waals surface area contributed by atoms with Gasteiger partial charge in [0.05, 0.1) is 0 Å². The Bertz CT molecular complexity index is 515. The SMILES string of the molecule is Cc1ccc(C(=O)N2CCN(C3CCNC3)CC2)cc1C. The molecule has 0 radical (unpaired) electrons. The lowest BCUT2D eigenvalue weighted by molar-refractivity contribution is 0.0584. The number of benzene rings is 1. The summed E-state index contributed by atoms with van der Waals surface area (Å²) in [5.41, 5.74) is 3.26. The van der Waals surface area contributed by atoms with E-state index in [2.05, 4.69) is 24.1 Å². The summed E-state index contributed by atoms with van der Waals surface area (Å²) in [6, 6.07) is 6.69. The van der Waals surface area contributed by atoms with E-state index in [1.165, 1.54) is 17.5 Å². The van der Waals surface area contributed by atoms with Gasteiger partial charge in [0.15, 0.2) is 0 Å². The van der Waals surface area contributed by atoms with Gasteiger partial charge in [-0.15, -0.1) is 0 Å². The van der Waals surface area contributed by atoms with E-state index in [-0.39, 0.29) is 5.91 Å². The van der Waals surface area contributed by atoms with Gasteiger partial charge in [-0.3, -0.25) is 9.69 Å². The first-order valence-corrected chi connectivity index (χ1v) is 7.96. The monoisotopic (exact) mass is 287 g/mol. The van der Waals surface area contributed by atoms with E-state index in [1.54, 1.807) is 0 Å². The first-order valence-electron chi connectivity index (χ1n) is 7.96. The molecule has 21 heavy (non-hydrogen) atoms. The number of carbonyl (C=O) groups excluding carboxylic acids is 1. The van der Waals surface area contributed by atoms with Crippen molar-refractivity contribution in [1.82, 2.24) is 15.1 Å². The molecule has 0 aliphatic carbocycles. The van der Waals surface area contributed by atoms with Crippen molar-refractivity contribution in [3.05, 3.63) is 34.9 Å². The van der Waals surface area contributed by atoms with E-state index in [4.69, 9.17) is 0 Å². The highest BCUT2D eigenvalue weighted by Crippen LogP contribution is 2.16. The number of piperazine rings is 1. The van der Waals surface area contributed by atoms with Crippen LogP contribution in [0.15, 0.2) is 18.2 Å². The normalized spacial score (nSPS) is 23.5. The molecule has 1 amide bonds. The van der Waals surface area contributed by atoms with Crippen LogP contribution in [-0.4, -0.2) is 61.0 Å². The van der Waals surface area contributed by atoms with E-state index in [0.717, 1.165) is 44.8 Å². The number of nitrogens with zero attached hydrogens (tertiary/aromatic N) is 2. The topological polar surface area (TPSA) is 35.6 Å². The molecule has 0 aromatic heterocycles. The van der Waals surface area contributed by atoms with Crippen molar-refractivity contribution in [3.63, 3.8) is 0 Å². The van der Waals surface area contributed by atoms with Crippen molar-refractivity contribution >= 4 is 5.91 Å². The molecule has 1 unspecified atom stereocenters. The predicted octanol–water partition coefficient (Wildman–Crippen LogP) is 1.42. The van der Waals surface area contributed by atoms with Crippen molar-refractivity contribution in [3.8, 4) is 0 Å². The van der Waals surface area contributed by atoms with Gasteiger partial charge in [0.25, 0.3) is 5.91 Å². The molecule has 0 spiro atoms. The Balaban J connectivity index is 1.60. The molecule has 114 valence electrons. The second-order valence-electron chi connectivity index (χ2n) is 6.27. The highest BCUT2D eigenvalue weighted by molar-refractivity contribution is 5.94. The highest BCUT2D eigenvalue weighted by Gasteiger charge is 2.28. The van der Waals surface area contributed by atoms with E-state index in [9.17, 15) is 4.79 Å². The fourth-order valence-electron chi connectivity index (χ4n) is 3.30. The predicted molar refractivity (Wildman–Crippen MR) is 84.7 cm³/mol. The molecule has 4 nitrogen and oxygen atoms in total. The Morgan fingerprint density at radius 3 is 2.52 bits per heavy atom. The smallest absolute Gasteiger partial charge is 0.253 e. The number of aryl methyl sites for hydroxylation is 2. The third-order valence-corrected chi connectivity index (χ3v) is 4.91. The summed E-state index contributed by atoms with van der Waals surface area (Å²) in [6.45, 7) is 10.1. The van der Waals surface area contributed by atoms with Gasteiger partial charge in [0.2, 0.25) is 0 Å². The van der Waals surface area contributed by atoms with Gasteiger partial charge in [-0.1, -0.05) is 6.07 Å². The van der Waals surface area contributed by atoms with Gasteiger partial charge >= 0.3 is 0 Å². The largest absolute Gasteiger partial charge is 0.336 e. The molecule has 0 saturated carbocycles. The Hall–Kier alpha value is -1.39. The van der Waals surface area contributed by atoms with E-state index in [1.807, 2.05) is 23.1 Å². The summed E-state index contributed by atoms with van der Waals surface area (Å²) in [5.74, 6) is 0.183. The minimum atomic E-state index is 0.183. The number of amides is 1. The molecule has 2 fully saturated rings. The average Bonchev–Trinajstić information content (AvgIpc) is 3.04. The van der Waals surface area contributed by atoms with Crippen LogP contribution in [0.25, 0.3) is 0 Å². The lowest BCUT2D eigenvalue weighted by Gasteiger charge is -2.37. The molecule has 1 N–H and O–H groups in total. The molecular formula is C17H25N3O. The van der Waals surface area contributed by atoms with Crippen LogP contribution in [-0.2, 0) is 0 Å². The van der Waals surface area contributed by atoms with E-state index < -0.39 is 0 Å². The zero-order chi connectivity index (χ0) is 14.8. The molecule has 2 aliphatic heterocycles. The molecule has 3 rings (SSSR count). The molecule has 1 aromatic carbocycles. The van der Waals surface area contributed by atoms with Crippen molar-refractivity contribution in [2.24, 2.45) is 0 Å². The van der Waals surface area contributed by atoms with Gasteiger partial charge in [0.1, 0.15) is 0 Å². The Kier molecular flexibility index (Phi) is 4.27. The number of hydrogen-bond acceptors (Lipinski definition) is 3.